The number of halogens is 4. The summed E-state index contributed by atoms with van der Waals surface area (Å²) in [6.07, 6.45) is -2.22. The molecule has 0 unspecified atom stereocenters. The van der Waals surface area contributed by atoms with Gasteiger partial charge in [0, 0.05) is 12.4 Å². The molecule has 0 aliphatic heterocycles. The highest BCUT2D eigenvalue weighted by atomic mass is 35.5. The molecule has 0 aliphatic carbocycles. The molecule has 8 heteroatoms. The summed E-state index contributed by atoms with van der Waals surface area (Å²) < 4.78 is 37.1. The van der Waals surface area contributed by atoms with Crippen molar-refractivity contribution in [2.45, 2.75) is 16.2 Å². The highest BCUT2D eigenvalue weighted by Gasteiger charge is 2.30. The van der Waals surface area contributed by atoms with Gasteiger partial charge in [0.1, 0.15) is 10.1 Å². The highest BCUT2D eigenvalue weighted by Crippen LogP contribution is 2.33. The van der Waals surface area contributed by atoms with Crippen molar-refractivity contribution in [2.24, 2.45) is 0 Å². The van der Waals surface area contributed by atoms with Crippen molar-refractivity contribution >= 4 is 29.1 Å². The van der Waals surface area contributed by atoms with E-state index in [4.69, 9.17) is 17.3 Å². The predicted octanol–water partition coefficient (Wildman–Crippen LogP) is 3.88. The molecular weight excluding hydrogens is 299 g/mol. The Labute approximate surface area is 116 Å². The molecule has 2 rings (SSSR count). The van der Waals surface area contributed by atoms with E-state index in [0.29, 0.717) is 20.8 Å². The Kier molecular flexibility index (Phi) is 3.86. The zero-order chi connectivity index (χ0) is 14.0. The van der Waals surface area contributed by atoms with Crippen molar-refractivity contribution in [3.05, 3.63) is 41.2 Å². The van der Waals surface area contributed by atoms with Crippen molar-refractivity contribution in [1.82, 2.24) is 9.97 Å². The first-order chi connectivity index (χ1) is 8.86. The van der Waals surface area contributed by atoms with Crippen LogP contribution in [0.4, 0.5) is 18.9 Å². The molecule has 0 aromatic carbocycles. The average molecular weight is 306 g/mol. The maximum atomic E-state index is 12.4. The summed E-state index contributed by atoms with van der Waals surface area (Å²) in [5.74, 6) is 0. The average Bonchev–Trinajstić information content (AvgIpc) is 2.32. The third kappa shape index (κ3) is 3.51. The first kappa shape index (κ1) is 14.0. The van der Waals surface area contributed by atoms with Crippen molar-refractivity contribution < 1.29 is 13.2 Å². The molecule has 2 aromatic heterocycles. The van der Waals surface area contributed by atoms with E-state index in [0.717, 1.165) is 24.0 Å². The normalized spacial score (nSPS) is 11.6. The molecular formula is C11H7ClF3N3S. The molecule has 0 spiro atoms. The molecule has 3 nitrogen and oxygen atoms in total. The minimum atomic E-state index is -4.40. The van der Waals surface area contributed by atoms with E-state index in [1.807, 2.05) is 0 Å². The van der Waals surface area contributed by atoms with Crippen LogP contribution in [0.25, 0.3) is 0 Å². The van der Waals surface area contributed by atoms with Crippen molar-refractivity contribution in [1.29, 1.82) is 0 Å². The van der Waals surface area contributed by atoms with Gasteiger partial charge in [-0.15, -0.1) is 0 Å². The van der Waals surface area contributed by atoms with Gasteiger partial charge in [0.25, 0.3) is 0 Å². The molecule has 19 heavy (non-hydrogen) atoms. The Morgan fingerprint density at radius 2 is 1.89 bits per heavy atom. The Morgan fingerprint density at radius 3 is 2.42 bits per heavy atom. The van der Waals surface area contributed by atoms with Crippen LogP contribution in [0.15, 0.2) is 40.6 Å². The fourth-order valence-electron chi connectivity index (χ4n) is 1.24. The predicted molar refractivity (Wildman–Crippen MR) is 67.0 cm³/mol. The van der Waals surface area contributed by atoms with E-state index in [-0.39, 0.29) is 0 Å². The van der Waals surface area contributed by atoms with Gasteiger partial charge in [0.2, 0.25) is 0 Å². The lowest BCUT2D eigenvalue weighted by atomic mass is 10.3. The first-order valence-electron chi connectivity index (χ1n) is 4.98. The van der Waals surface area contributed by atoms with E-state index in [9.17, 15) is 13.2 Å². The summed E-state index contributed by atoms with van der Waals surface area (Å²) in [6.45, 7) is 0. The minimum absolute atomic E-state index is 0.346. The van der Waals surface area contributed by atoms with Gasteiger partial charge >= 0.3 is 6.18 Å². The molecule has 0 bridgehead atoms. The summed E-state index contributed by atoms with van der Waals surface area (Å²) in [5, 5.41) is 1.20. The molecule has 0 atom stereocenters. The summed E-state index contributed by atoms with van der Waals surface area (Å²) in [6, 6.07) is 3.74. The number of hydrogen-bond donors (Lipinski definition) is 1. The van der Waals surface area contributed by atoms with Crippen LogP contribution in [0.2, 0.25) is 5.02 Å². The zero-order valence-corrected chi connectivity index (χ0v) is 10.9. The fraction of sp³-hybridized carbons (Fsp3) is 0.0909. The smallest absolute Gasteiger partial charge is 0.396 e. The number of anilines is 1. The number of aromatic nitrogens is 2. The zero-order valence-electron chi connectivity index (χ0n) is 9.28. The van der Waals surface area contributed by atoms with Gasteiger partial charge in [0.05, 0.1) is 16.3 Å². The second-order valence-electron chi connectivity index (χ2n) is 3.53. The monoisotopic (exact) mass is 305 g/mol. The number of nitrogen functional groups attached to an aromatic ring is 1. The Bertz CT molecular complexity index is 587. The number of nitrogens with two attached hydrogens (primary N) is 1. The van der Waals surface area contributed by atoms with Crippen molar-refractivity contribution in [3.8, 4) is 0 Å². The van der Waals surface area contributed by atoms with E-state index >= 15 is 0 Å². The Balaban J connectivity index is 2.20. The summed E-state index contributed by atoms with van der Waals surface area (Å²) >= 11 is 6.77. The second kappa shape index (κ2) is 5.26. The molecule has 2 aromatic rings. The van der Waals surface area contributed by atoms with Gasteiger partial charge in [0.15, 0.2) is 0 Å². The molecule has 0 fully saturated rings. The molecule has 0 saturated carbocycles. The van der Waals surface area contributed by atoms with Crippen molar-refractivity contribution in [2.75, 3.05) is 5.73 Å². The minimum Gasteiger partial charge on any atom is -0.396 e. The summed E-state index contributed by atoms with van der Waals surface area (Å²) in [5.41, 5.74) is 5.24. The lowest BCUT2D eigenvalue weighted by Crippen LogP contribution is -2.05. The third-order valence-electron chi connectivity index (χ3n) is 2.11. The van der Waals surface area contributed by atoms with Gasteiger partial charge in [-0.3, -0.25) is 0 Å². The highest BCUT2D eigenvalue weighted by molar-refractivity contribution is 7.99. The van der Waals surface area contributed by atoms with Crippen LogP contribution in [-0.4, -0.2) is 9.97 Å². The van der Waals surface area contributed by atoms with E-state index in [1.165, 1.54) is 18.3 Å². The number of nitrogens with zero attached hydrogens (tertiary/aromatic N) is 2. The van der Waals surface area contributed by atoms with Crippen LogP contribution in [0.1, 0.15) is 5.56 Å². The van der Waals surface area contributed by atoms with Crippen LogP contribution >= 0.6 is 23.4 Å². The lowest BCUT2D eigenvalue weighted by Gasteiger charge is -2.07. The first-order valence-corrected chi connectivity index (χ1v) is 6.18. The van der Waals surface area contributed by atoms with Gasteiger partial charge in [-0.05, 0) is 30.0 Å². The van der Waals surface area contributed by atoms with Crippen molar-refractivity contribution in [3.63, 3.8) is 0 Å². The van der Waals surface area contributed by atoms with E-state index in [1.54, 1.807) is 0 Å². The standard InChI is InChI=1S/C11H7ClF3N3S/c12-7-3-8(16)10(18-5-7)19-9-2-1-6(4-17-9)11(13,14)15/h1-5H,16H2. The summed E-state index contributed by atoms with van der Waals surface area (Å²) in [4.78, 5) is 7.71. The molecule has 100 valence electrons. The molecule has 2 N–H and O–H groups in total. The van der Waals surface area contributed by atoms with Gasteiger partial charge in [-0.25, -0.2) is 9.97 Å². The molecule has 0 radical (unpaired) electrons. The topological polar surface area (TPSA) is 51.8 Å². The second-order valence-corrected chi connectivity index (χ2v) is 4.98. The SMILES string of the molecule is Nc1cc(Cl)cnc1Sc1ccc(C(F)(F)F)cn1. The van der Waals surface area contributed by atoms with Gasteiger partial charge < -0.3 is 5.73 Å². The molecule has 0 amide bonds. The number of rotatable bonds is 2. The van der Waals surface area contributed by atoms with Crippen LogP contribution in [0.3, 0.4) is 0 Å². The van der Waals surface area contributed by atoms with Crippen LogP contribution in [-0.2, 0) is 6.18 Å². The van der Waals surface area contributed by atoms with E-state index < -0.39 is 11.7 Å². The maximum absolute atomic E-state index is 12.4. The number of hydrogen-bond acceptors (Lipinski definition) is 4. The molecule has 0 aliphatic rings. The fourth-order valence-corrected chi connectivity index (χ4v) is 2.12. The van der Waals surface area contributed by atoms with Gasteiger partial charge in [-0.1, -0.05) is 11.6 Å². The van der Waals surface area contributed by atoms with Crippen LogP contribution < -0.4 is 5.73 Å². The summed E-state index contributed by atoms with van der Waals surface area (Å²) in [7, 11) is 0. The number of pyridine rings is 2. The quantitative estimate of drug-likeness (QED) is 0.914. The maximum Gasteiger partial charge on any atom is 0.417 e. The van der Waals surface area contributed by atoms with E-state index in [2.05, 4.69) is 9.97 Å². The Hall–Kier alpha value is -1.47. The van der Waals surface area contributed by atoms with Crippen LogP contribution in [0.5, 0.6) is 0 Å². The lowest BCUT2D eigenvalue weighted by molar-refractivity contribution is -0.137. The largest absolute Gasteiger partial charge is 0.417 e. The van der Waals surface area contributed by atoms with Gasteiger partial charge in [-0.2, -0.15) is 13.2 Å². The third-order valence-corrected chi connectivity index (χ3v) is 3.30. The molecule has 2 heterocycles. The van der Waals surface area contributed by atoms with Crippen LogP contribution in [0, 0.1) is 0 Å². The number of alkyl halides is 3. The Morgan fingerprint density at radius 1 is 1.16 bits per heavy atom. The molecule has 0 saturated heterocycles.